The summed E-state index contributed by atoms with van der Waals surface area (Å²) in [6.45, 7) is 2.30. The first-order valence-electron chi connectivity index (χ1n) is 6.81. The number of H-pyrrole nitrogens is 1. The van der Waals surface area contributed by atoms with Crippen LogP contribution in [0, 0.1) is 6.92 Å². The fourth-order valence-corrected chi connectivity index (χ4v) is 1.96. The summed E-state index contributed by atoms with van der Waals surface area (Å²) >= 11 is 0. The van der Waals surface area contributed by atoms with Crippen molar-refractivity contribution in [2.75, 3.05) is 19.0 Å². The number of hydrogen-bond acceptors (Lipinski definition) is 4. The Hall–Kier alpha value is -2.77. The van der Waals surface area contributed by atoms with E-state index in [9.17, 15) is 9.59 Å². The standard InChI is InChI=1S/C14H19N5O3/c1-9-4-5-10(8-11(9)22-3)16-13(20)15-7-6-12-17-18-14(21)19(12)2/h4-5,8H,6-7H2,1-3H3,(H,18,21)(H2,15,16,20). The fraction of sp³-hybridized carbons (Fsp3) is 0.357. The second kappa shape index (κ2) is 6.79. The SMILES string of the molecule is COc1cc(NC(=O)NCCc2n[nH]c(=O)n2C)ccc1C. The number of amides is 2. The van der Waals surface area contributed by atoms with Crippen LogP contribution in [0.5, 0.6) is 5.75 Å². The van der Waals surface area contributed by atoms with Crippen molar-refractivity contribution in [2.45, 2.75) is 13.3 Å². The Morgan fingerprint density at radius 1 is 1.45 bits per heavy atom. The lowest BCUT2D eigenvalue weighted by atomic mass is 10.2. The van der Waals surface area contributed by atoms with E-state index in [-0.39, 0.29) is 11.7 Å². The molecule has 2 aromatic rings. The Bertz CT molecular complexity index is 720. The van der Waals surface area contributed by atoms with Crippen LogP contribution in [0.3, 0.4) is 0 Å². The Morgan fingerprint density at radius 2 is 2.23 bits per heavy atom. The van der Waals surface area contributed by atoms with Crippen molar-refractivity contribution in [1.82, 2.24) is 20.1 Å². The molecule has 0 bridgehead atoms. The second-order valence-corrected chi connectivity index (χ2v) is 4.82. The predicted molar refractivity (Wildman–Crippen MR) is 82.3 cm³/mol. The molecule has 0 saturated heterocycles. The van der Waals surface area contributed by atoms with Crippen LogP contribution < -0.4 is 21.1 Å². The van der Waals surface area contributed by atoms with Crippen LogP contribution in [0.25, 0.3) is 0 Å². The molecule has 0 radical (unpaired) electrons. The number of hydrogen-bond donors (Lipinski definition) is 3. The number of rotatable bonds is 5. The summed E-state index contributed by atoms with van der Waals surface area (Å²) in [6, 6.07) is 5.10. The van der Waals surface area contributed by atoms with Crippen LogP contribution >= 0.6 is 0 Å². The van der Waals surface area contributed by atoms with Gasteiger partial charge in [-0.05, 0) is 18.6 Å². The van der Waals surface area contributed by atoms with Gasteiger partial charge in [-0.2, -0.15) is 5.10 Å². The minimum absolute atomic E-state index is 0.272. The van der Waals surface area contributed by atoms with Gasteiger partial charge in [0.1, 0.15) is 11.6 Å². The van der Waals surface area contributed by atoms with Gasteiger partial charge >= 0.3 is 11.7 Å². The third-order valence-electron chi connectivity index (χ3n) is 3.27. The number of urea groups is 1. The zero-order chi connectivity index (χ0) is 16.1. The molecule has 1 aromatic carbocycles. The molecular weight excluding hydrogens is 286 g/mol. The second-order valence-electron chi connectivity index (χ2n) is 4.82. The van der Waals surface area contributed by atoms with Crippen molar-refractivity contribution in [3.63, 3.8) is 0 Å². The number of ether oxygens (including phenoxy) is 1. The highest BCUT2D eigenvalue weighted by atomic mass is 16.5. The number of carbonyl (C=O) groups excluding carboxylic acids is 1. The Balaban J connectivity index is 1.85. The van der Waals surface area contributed by atoms with E-state index < -0.39 is 0 Å². The minimum atomic E-state index is -0.327. The number of anilines is 1. The molecule has 8 heteroatoms. The molecule has 1 aromatic heterocycles. The van der Waals surface area contributed by atoms with Crippen molar-refractivity contribution < 1.29 is 9.53 Å². The molecule has 3 N–H and O–H groups in total. The van der Waals surface area contributed by atoms with Crippen LogP contribution in [0.15, 0.2) is 23.0 Å². The maximum absolute atomic E-state index is 11.8. The third kappa shape index (κ3) is 3.66. The molecule has 2 rings (SSSR count). The summed E-state index contributed by atoms with van der Waals surface area (Å²) in [5, 5.41) is 11.6. The lowest BCUT2D eigenvalue weighted by Gasteiger charge is -2.10. The molecule has 0 aliphatic carbocycles. The molecule has 22 heavy (non-hydrogen) atoms. The van der Waals surface area contributed by atoms with Crippen LogP contribution in [0.2, 0.25) is 0 Å². The molecule has 2 amide bonds. The molecule has 0 aliphatic heterocycles. The van der Waals surface area contributed by atoms with Gasteiger partial charge in [0.05, 0.1) is 7.11 Å². The molecular formula is C14H19N5O3. The van der Waals surface area contributed by atoms with Crippen LogP contribution in [0.1, 0.15) is 11.4 Å². The highest BCUT2D eigenvalue weighted by Crippen LogP contribution is 2.21. The molecule has 0 fully saturated rings. The van der Waals surface area contributed by atoms with Crippen molar-refractivity contribution in [3.05, 3.63) is 40.1 Å². The highest BCUT2D eigenvalue weighted by molar-refractivity contribution is 5.89. The highest BCUT2D eigenvalue weighted by Gasteiger charge is 2.07. The lowest BCUT2D eigenvalue weighted by molar-refractivity contribution is 0.252. The van der Waals surface area contributed by atoms with Crippen molar-refractivity contribution >= 4 is 11.7 Å². The molecule has 0 atom stereocenters. The number of nitrogens with one attached hydrogen (secondary N) is 3. The van der Waals surface area contributed by atoms with Gasteiger partial charge in [0.2, 0.25) is 0 Å². The van der Waals surface area contributed by atoms with Gasteiger partial charge in [-0.25, -0.2) is 14.7 Å². The fourth-order valence-electron chi connectivity index (χ4n) is 1.96. The maximum atomic E-state index is 11.8. The van der Waals surface area contributed by atoms with Crippen LogP contribution in [-0.2, 0) is 13.5 Å². The average molecular weight is 305 g/mol. The monoisotopic (exact) mass is 305 g/mol. The minimum Gasteiger partial charge on any atom is -0.496 e. The molecule has 0 saturated carbocycles. The summed E-state index contributed by atoms with van der Waals surface area (Å²) < 4.78 is 6.61. The normalized spacial score (nSPS) is 10.3. The number of nitrogens with zero attached hydrogens (tertiary/aromatic N) is 2. The number of carbonyl (C=O) groups is 1. The maximum Gasteiger partial charge on any atom is 0.343 e. The smallest absolute Gasteiger partial charge is 0.343 e. The van der Waals surface area contributed by atoms with E-state index in [2.05, 4.69) is 20.8 Å². The third-order valence-corrected chi connectivity index (χ3v) is 3.27. The predicted octanol–water partition coefficient (Wildman–Crippen LogP) is 0.790. The zero-order valence-corrected chi connectivity index (χ0v) is 12.8. The van der Waals surface area contributed by atoms with Gasteiger partial charge in [0, 0.05) is 31.8 Å². The van der Waals surface area contributed by atoms with Gasteiger partial charge in [-0.3, -0.25) is 4.57 Å². The molecule has 0 unspecified atom stereocenters. The quantitative estimate of drug-likeness (QED) is 0.760. The summed E-state index contributed by atoms with van der Waals surface area (Å²) in [7, 11) is 3.21. The van der Waals surface area contributed by atoms with Crippen molar-refractivity contribution in [3.8, 4) is 5.75 Å². The average Bonchev–Trinajstić information content (AvgIpc) is 2.81. The molecule has 0 spiro atoms. The van der Waals surface area contributed by atoms with Gasteiger partial charge in [0.25, 0.3) is 0 Å². The van der Waals surface area contributed by atoms with E-state index in [1.54, 1.807) is 26.3 Å². The first-order valence-corrected chi connectivity index (χ1v) is 6.81. The van der Waals surface area contributed by atoms with Crippen molar-refractivity contribution in [1.29, 1.82) is 0 Å². The molecule has 0 aliphatic rings. The Labute approximate surface area is 127 Å². The molecule has 118 valence electrons. The van der Waals surface area contributed by atoms with Gasteiger partial charge in [0.15, 0.2) is 0 Å². The first-order chi connectivity index (χ1) is 10.5. The van der Waals surface area contributed by atoms with E-state index in [4.69, 9.17) is 4.74 Å². The van der Waals surface area contributed by atoms with Gasteiger partial charge < -0.3 is 15.4 Å². The van der Waals surface area contributed by atoms with Crippen molar-refractivity contribution in [2.24, 2.45) is 7.05 Å². The largest absolute Gasteiger partial charge is 0.496 e. The number of aromatic nitrogens is 3. The summed E-state index contributed by atoms with van der Waals surface area (Å²) in [4.78, 5) is 23.0. The lowest BCUT2D eigenvalue weighted by Crippen LogP contribution is -2.31. The van der Waals surface area contributed by atoms with Crippen LogP contribution in [0.4, 0.5) is 10.5 Å². The molecule has 8 nitrogen and oxygen atoms in total. The van der Waals surface area contributed by atoms with E-state index >= 15 is 0 Å². The summed E-state index contributed by atoms with van der Waals surface area (Å²) in [5.74, 6) is 1.30. The van der Waals surface area contributed by atoms with E-state index in [1.807, 2.05) is 13.0 Å². The number of benzene rings is 1. The van der Waals surface area contributed by atoms with E-state index in [1.165, 1.54) is 4.57 Å². The van der Waals surface area contributed by atoms with Gasteiger partial charge in [-0.15, -0.1) is 0 Å². The molecule has 1 heterocycles. The Morgan fingerprint density at radius 3 is 2.86 bits per heavy atom. The zero-order valence-electron chi connectivity index (χ0n) is 12.8. The topological polar surface area (TPSA) is 101 Å². The summed E-state index contributed by atoms with van der Waals surface area (Å²) in [6.07, 6.45) is 0.458. The summed E-state index contributed by atoms with van der Waals surface area (Å²) in [5.41, 5.74) is 1.37. The van der Waals surface area contributed by atoms with E-state index in [0.29, 0.717) is 30.2 Å². The Kier molecular flexibility index (Phi) is 4.82. The van der Waals surface area contributed by atoms with E-state index in [0.717, 1.165) is 5.56 Å². The number of aryl methyl sites for hydroxylation is 1. The number of aromatic amines is 1. The van der Waals surface area contributed by atoms with Gasteiger partial charge in [-0.1, -0.05) is 6.07 Å². The van der Waals surface area contributed by atoms with Crippen LogP contribution in [-0.4, -0.2) is 34.5 Å². The number of methoxy groups -OCH3 is 1. The first kappa shape index (κ1) is 15.6.